The molecule has 1 N–H and O–H groups in total. The molecule has 6 heteroatoms. The molecule has 0 aromatic heterocycles. The summed E-state index contributed by atoms with van der Waals surface area (Å²) in [5, 5.41) is 19.9. The molecule has 2 rings (SSSR count). The number of aryl methyl sites for hydroxylation is 1. The third-order valence-electron chi connectivity index (χ3n) is 3.39. The first-order valence-electron chi connectivity index (χ1n) is 6.21. The summed E-state index contributed by atoms with van der Waals surface area (Å²) in [6.07, 6.45) is 1.46. The van der Waals surface area contributed by atoms with Crippen LogP contribution in [0.25, 0.3) is 0 Å². The minimum absolute atomic E-state index is 0.0486. The van der Waals surface area contributed by atoms with Crippen LogP contribution in [0.4, 0.5) is 11.4 Å². The third kappa shape index (κ3) is 3.01. The van der Waals surface area contributed by atoms with Gasteiger partial charge in [0.1, 0.15) is 0 Å². The molecule has 19 heavy (non-hydrogen) atoms. The Morgan fingerprint density at radius 3 is 2.84 bits per heavy atom. The number of nitro benzene ring substituents is 1. The fourth-order valence-corrected chi connectivity index (χ4v) is 2.44. The molecule has 102 valence electrons. The van der Waals surface area contributed by atoms with Crippen LogP contribution in [-0.4, -0.2) is 29.1 Å². The number of carboxylic acid groups (broad SMARTS) is 1. The van der Waals surface area contributed by atoms with Gasteiger partial charge in [0.05, 0.1) is 10.8 Å². The van der Waals surface area contributed by atoms with Gasteiger partial charge in [-0.1, -0.05) is 0 Å². The van der Waals surface area contributed by atoms with Crippen molar-refractivity contribution in [1.29, 1.82) is 0 Å². The van der Waals surface area contributed by atoms with Crippen LogP contribution in [0, 0.1) is 23.0 Å². The lowest BCUT2D eigenvalue weighted by Gasteiger charge is -2.32. The molecule has 0 saturated carbocycles. The summed E-state index contributed by atoms with van der Waals surface area (Å²) < 4.78 is 0. The van der Waals surface area contributed by atoms with Gasteiger partial charge in [-0.25, -0.2) is 0 Å². The molecular weight excluding hydrogens is 248 g/mol. The van der Waals surface area contributed by atoms with Gasteiger partial charge in [0, 0.05) is 30.9 Å². The van der Waals surface area contributed by atoms with Gasteiger partial charge >= 0.3 is 5.97 Å². The van der Waals surface area contributed by atoms with Crippen LogP contribution >= 0.6 is 0 Å². The number of hydrogen-bond donors (Lipinski definition) is 1. The van der Waals surface area contributed by atoms with Crippen molar-refractivity contribution in [2.45, 2.75) is 19.8 Å². The fourth-order valence-electron chi connectivity index (χ4n) is 2.44. The Bertz CT molecular complexity index is 515. The quantitative estimate of drug-likeness (QED) is 0.668. The predicted octanol–water partition coefficient (Wildman–Crippen LogP) is 2.20. The maximum atomic E-state index is 11.0. The molecule has 1 aliphatic rings. The lowest BCUT2D eigenvalue weighted by molar-refractivity contribution is -0.384. The summed E-state index contributed by atoms with van der Waals surface area (Å²) in [4.78, 5) is 23.4. The molecule has 1 heterocycles. The topological polar surface area (TPSA) is 83.7 Å². The number of nitrogens with zero attached hydrogens (tertiary/aromatic N) is 2. The van der Waals surface area contributed by atoms with E-state index < -0.39 is 16.8 Å². The monoisotopic (exact) mass is 264 g/mol. The predicted molar refractivity (Wildman–Crippen MR) is 70.4 cm³/mol. The van der Waals surface area contributed by atoms with Crippen molar-refractivity contribution >= 4 is 17.3 Å². The van der Waals surface area contributed by atoms with Crippen molar-refractivity contribution in [3.05, 3.63) is 33.9 Å². The summed E-state index contributed by atoms with van der Waals surface area (Å²) in [5.74, 6) is -1.19. The van der Waals surface area contributed by atoms with E-state index in [9.17, 15) is 14.9 Å². The van der Waals surface area contributed by atoms with Crippen molar-refractivity contribution in [3.63, 3.8) is 0 Å². The second kappa shape index (κ2) is 5.26. The van der Waals surface area contributed by atoms with Crippen molar-refractivity contribution in [3.8, 4) is 0 Å². The largest absolute Gasteiger partial charge is 0.481 e. The van der Waals surface area contributed by atoms with Gasteiger partial charge in [-0.05, 0) is 31.4 Å². The number of rotatable bonds is 3. The van der Waals surface area contributed by atoms with Gasteiger partial charge in [0.25, 0.3) is 5.69 Å². The van der Waals surface area contributed by atoms with Crippen LogP contribution in [0.5, 0.6) is 0 Å². The van der Waals surface area contributed by atoms with E-state index in [0.29, 0.717) is 13.0 Å². The molecule has 1 saturated heterocycles. The zero-order valence-electron chi connectivity index (χ0n) is 10.7. The number of carboxylic acids is 1. The first-order chi connectivity index (χ1) is 8.97. The number of anilines is 1. The number of aliphatic carboxylic acids is 1. The minimum Gasteiger partial charge on any atom is -0.481 e. The minimum atomic E-state index is -0.799. The van der Waals surface area contributed by atoms with Gasteiger partial charge in [-0.2, -0.15) is 0 Å². The molecular formula is C13H16N2O4. The zero-order valence-corrected chi connectivity index (χ0v) is 10.7. The number of nitro groups is 1. The average molecular weight is 264 g/mol. The van der Waals surface area contributed by atoms with Crippen molar-refractivity contribution < 1.29 is 14.8 Å². The smallest absolute Gasteiger partial charge is 0.308 e. The first kappa shape index (κ1) is 13.3. The molecule has 0 spiro atoms. The molecule has 0 radical (unpaired) electrons. The van der Waals surface area contributed by atoms with Gasteiger partial charge in [0.15, 0.2) is 0 Å². The molecule has 0 aliphatic carbocycles. The van der Waals surface area contributed by atoms with Crippen LogP contribution in [0.1, 0.15) is 18.4 Å². The summed E-state index contributed by atoms with van der Waals surface area (Å²) in [5.41, 5.74) is 1.59. The Kier molecular flexibility index (Phi) is 3.69. The summed E-state index contributed by atoms with van der Waals surface area (Å²) in [7, 11) is 0. The molecule has 1 aliphatic heterocycles. The molecule has 0 amide bonds. The summed E-state index contributed by atoms with van der Waals surface area (Å²) >= 11 is 0. The van der Waals surface area contributed by atoms with Crippen LogP contribution in [0.15, 0.2) is 18.2 Å². The number of non-ortho nitro benzene ring substituents is 1. The van der Waals surface area contributed by atoms with Crippen LogP contribution in [-0.2, 0) is 4.79 Å². The van der Waals surface area contributed by atoms with Crippen molar-refractivity contribution in [2.75, 3.05) is 18.0 Å². The maximum Gasteiger partial charge on any atom is 0.308 e. The fraction of sp³-hybridized carbons (Fsp3) is 0.462. The van der Waals surface area contributed by atoms with Crippen LogP contribution in [0.2, 0.25) is 0 Å². The number of hydrogen-bond acceptors (Lipinski definition) is 4. The van der Waals surface area contributed by atoms with Crippen LogP contribution < -0.4 is 4.90 Å². The highest BCUT2D eigenvalue weighted by Gasteiger charge is 2.26. The molecule has 1 aromatic rings. The van der Waals surface area contributed by atoms with E-state index in [1.807, 2.05) is 11.0 Å². The average Bonchev–Trinajstić information content (AvgIpc) is 2.38. The van der Waals surface area contributed by atoms with Crippen LogP contribution in [0.3, 0.4) is 0 Å². The lowest BCUT2D eigenvalue weighted by atomic mass is 9.97. The Hall–Kier alpha value is -2.11. The van der Waals surface area contributed by atoms with E-state index in [2.05, 4.69) is 0 Å². The first-order valence-corrected chi connectivity index (χ1v) is 6.21. The Morgan fingerprint density at radius 1 is 1.47 bits per heavy atom. The van der Waals surface area contributed by atoms with E-state index in [1.165, 1.54) is 12.1 Å². The Balaban J connectivity index is 2.26. The molecule has 1 atom stereocenters. The molecule has 1 unspecified atom stereocenters. The van der Waals surface area contributed by atoms with Crippen molar-refractivity contribution in [1.82, 2.24) is 0 Å². The van der Waals surface area contributed by atoms with Gasteiger partial charge < -0.3 is 10.0 Å². The van der Waals surface area contributed by atoms with Gasteiger partial charge in [-0.3, -0.25) is 14.9 Å². The molecule has 1 fully saturated rings. The summed E-state index contributed by atoms with van der Waals surface area (Å²) in [6.45, 7) is 2.95. The number of benzene rings is 1. The van der Waals surface area contributed by atoms with Crippen molar-refractivity contribution in [2.24, 2.45) is 5.92 Å². The van der Waals surface area contributed by atoms with E-state index in [4.69, 9.17) is 5.11 Å². The Labute approximate surface area is 110 Å². The Morgan fingerprint density at radius 2 is 2.21 bits per heavy atom. The zero-order chi connectivity index (χ0) is 14.0. The second-order valence-corrected chi connectivity index (χ2v) is 4.91. The van der Waals surface area contributed by atoms with E-state index in [1.54, 1.807) is 6.92 Å². The van der Waals surface area contributed by atoms with E-state index in [0.717, 1.165) is 24.2 Å². The number of piperidine rings is 1. The normalized spacial score (nSPS) is 19.2. The standard InChI is InChI=1S/C13H16N2O4/c1-9-5-11(7-12(6-9)15(18)19)14-4-2-3-10(8-14)13(16)17/h5-7,10H,2-4,8H2,1H3,(H,16,17). The van der Waals surface area contributed by atoms with Gasteiger partial charge in [-0.15, -0.1) is 0 Å². The maximum absolute atomic E-state index is 11.0. The highest BCUT2D eigenvalue weighted by atomic mass is 16.6. The highest BCUT2D eigenvalue weighted by Crippen LogP contribution is 2.27. The second-order valence-electron chi connectivity index (χ2n) is 4.91. The summed E-state index contributed by atoms with van der Waals surface area (Å²) in [6, 6.07) is 4.89. The van der Waals surface area contributed by atoms with Gasteiger partial charge in [0.2, 0.25) is 0 Å². The lowest BCUT2D eigenvalue weighted by Crippen LogP contribution is -2.38. The highest BCUT2D eigenvalue weighted by molar-refractivity contribution is 5.71. The molecule has 1 aromatic carbocycles. The molecule has 0 bridgehead atoms. The van der Waals surface area contributed by atoms with E-state index in [-0.39, 0.29) is 5.69 Å². The third-order valence-corrected chi connectivity index (χ3v) is 3.39. The molecule has 6 nitrogen and oxygen atoms in total. The number of carbonyl (C=O) groups is 1. The SMILES string of the molecule is Cc1cc(N2CCCC(C(=O)O)C2)cc([N+](=O)[O-])c1. The van der Waals surface area contributed by atoms with E-state index >= 15 is 0 Å².